The SMILES string of the molecule is COc1cc(/C=N\NC(=O)COc2ccc([N+](=O)[O-])cc2Br)ccc1OC(=O)c1ccc([N+](=O)[O-])cc1. The third-order valence-corrected chi connectivity index (χ3v) is 5.21. The lowest BCUT2D eigenvalue weighted by molar-refractivity contribution is -0.385. The summed E-state index contributed by atoms with van der Waals surface area (Å²) >= 11 is 3.15. The quantitative estimate of drug-likeness (QED) is 0.124. The molecule has 0 aliphatic rings. The standard InChI is InChI=1S/C23H17BrN4O9/c1-35-21-10-14(2-8-20(21)37-23(30)15-3-5-16(6-4-15)27(31)32)12-25-26-22(29)13-36-19-9-7-17(28(33)34)11-18(19)24/h2-12H,13H2,1H3,(H,26,29)/b25-12-. The zero-order valence-electron chi connectivity index (χ0n) is 19.0. The summed E-state index contributed by atoms with van der Waals surface area (Å²) in [6.45, 7) is -0.394. The summed E-state index contributed by atoms with van der Waals surface area (Å²) in [6, 6.07) is 13.3. The highest BCUT2D eigenvalue weighted by Crippen LogP contribution is 2.30. The topological polar surface area (TPSA) is 172 Å². The normalized spacial score (nSPS) is 10.5. The number of non-ortho nitro benzene ring substituents is 2. The molecular weight excluding hydrogens is 556 g/mol. The van der Waals surface area contributed by atoms with Gasteiger partial charge in [-0.05, 0) is 57.9 Å². The minimum absolute atomic E-state index is 0.106. The molecule has 0 unspecified atom stereocenters. The van der Waals surface area contributed by atoms with Crippen molar-refractivity contribution in [1.82, 2.24) is 5.43 Å². The van der Waals surface area contributed by atoms with Crippen molar-refractivity contribution in [1.29, 1.82) is 0 Å². The molecule has 0 atom stereocenters. The van der Waals surface area contributed by atoms with Gasteiger partial charge in [-0.3, -0.25) is 25.0 Å². The Kier molecular flexibility index (Phi) is 8.83. The lowest BCUT2D eigenvalue weighted by Crippen LogP contribution is -2.24. The molecule has 0 aliphatic heterocycles. The van der Waals surface area contributed by atoms with E-state index in [1.807, 2.05) is 0 Å². The van der Waals surface area contributed by atoms with Crippen molar-refractivity contribution >= 4 is 45.4 Å². The minimum atomic E-state index is -0.735. The molecule has 14 heteroatoms. The predicted molar refractivity (Wildman–Crippen MR) is 133 cm³/mol. The van der Waals surface area contributed by atoms with E-state index in [1.54, 1.807) is 6.07 Å². The molecule has 3 aromatic rings. The predicted octanol–water partition coefficient (Wildman–Crippen LogP) is 4.02. The van der Waals surface area contributed by atoms with Crippen LogP contribution < -0.4 is 19.6 Å². The Balaban J connectivity index is 1.56. The zero-order valence-corrected chi connectivity index (χ0v) is 20.5. The van der Waals surface area contributed by atoms with Gasteiger partial charge in [0.15, 0.2) is 18.1 Å². The number of halogens is 1. The molecule has 1 N–H and O–H groups in total. The fourth-order valence-corrected chi connectivity index (χ4v) is 3.28. The van der Waals surface area contributed by atoms with Crippen LogP contribution in [0.2, 0.25) is 0 Å². The number of nitrogens with one attached hydrogen (secondary N) is 1. The van der Waals surface area contributed by atoms with E-state index in [0.29, 0.717) is 10.0 Å². The van der Waals surface area contributed by atoms with Crippen LogP contribution in [0.5, 0.6) is 17.2 Å². The van der Waals surface area contributed by atoms with Gasteiger partial charge in [-0.25, -0.2) is 10.2 Å². The molecule has 0 heterocycles. The van der Waals surface area contributed by atoms with Crippen LogP contribution in [0.1, 0.15) is 15.9 Å². The fraction of sp³-hybridized carbons (Fsp3) is 0.0870. The number of rotatable bonds is 10. The van der Waals surface area contributed by atoms with Crippen LogP contribution >= 0.6 is 15.9 Å². The van der Waals surface area contributed by atoms with Crippen LogP contribution in [-0.4, -0.2) is 41.7 Å². The van der Waals surface area contributed by atoms with Crippen LogP contribution in [-0.2, 0) is 4.79 Å². The van der Waals surface area contributed by atoms with Crippen molar-refractivity contribution in [2.45, 2.75) is 0 Å². The highest BCUT2D eigenvalue weighted by atomic mass is 79.9. The first kappa shape index (κ1) is 26.7. The number of nitrogens with zero attached hydrogens (tertiary/aromatic N) is 3. The molecule has 3 aromatic carbocycles. The molecule has 37 heavy (non-hydrogen) atoms. The van der Waals surface area contributed by atoms with Crippen molar-refractivity contribution in [3.05, 3.63) is 96.5 Å². The van der Waals surface area contributed by atoms with E-state index in [0.717, 1.165) is 0 Å². The Morgan fingerprint density at radius 1 is 0.946 bits per heavy atom. The first-order valence-corrected chi connectivity index (χ1v) is 11.0. The number of hydrogen-bond acceptors (Lipinski definition) is 10. The Bertz CT molecular complexity index is 1380. The number of esters is 1. The number of benzene rings is 3. The van der Waals surface area contributed by atoms with Gasteiger partial charge in [0, 0.05) is 24.3 Å². The van der Waals surface area contributed by atoms with Gasteiger partial charge in [0.2, 0.25) is 0 Å². The van der Waals surface area contributed by atoms with Gasteiger partial charge in [-0.2, -0.15) is 5.10 Å². The van der Waals surface area contributed by atoms with Crippen LogP contribution in [0, 0.1) is 20.2 Å². The number of hydrazone groups is 1. The maximum atomic E-state index is 12.4. The number of nitro groups is 2. The smallest absolute Gasteiger partial charge is 0.343 e. The molecular formula is C23H17BrN4O9. The van der Waals surface area contributed by atoms with E-state index in [-0.39, 0.29) is 34.2 Å². The fourth-order valence-electron chi connectivity index (χ4n) is 2.80. The summed E-state index contributed by atoms with van der Waals surface area (Å²) in [7, 11) is 1.37. The Morgan fingerprint density at radius 3 is 2.22 bits per heavy atom. The maximum Gasteiger partial charge on any atom is 0.343 e. The molecule has 0 bridgehead atoms. The van der Waals surface area contributed by atoms with Gasteiger partial charge >= 0.3 is 5.97 Å². The molecule has 0 saturated carbocycles. The third-order valence-electron chi connectivity index (χ3n) is 4.59. The van der Waals surface area contributed by atoms with E-state index in [9.17, 15) is 29.8 Å². The summed E-state index contributed by atoms with van der Waals surface area (Å²) in [5.41, 5.74) is 2.61. The largest absolute Gasteiger partial charge is 0.493 e. The van der Waals surface area contributed by atoms with Crippen molar-refractivity contribution < 1.29 is 33.6 Å². The number of hydrogen-bond donors (Lipinski definition) is 1. The number of nitro benzene ring substituents is 2. The van der Waals surface area contributed by atoms with Crippen LogP contribution in [0.3, 0.4) is 0 Å². The Labute approximate surface area is 217 Å². The lowest BCUT2D eigenvalue weighted by atomic mass is 10.2. The van der Waals surface area contributed by atoms with Crippen LogP contribution in [0.25, 0.3) is 0 Å². The second-order valence-corrected chi connectivity index (χ2v) is 7.91. The Hall–Kier alpha value is -4.85. The number of methoxy groups -OCH3 is 1. The van der Waals surface area contributed by atoms with E-state index in [2.05, 4.69) is 26.5 Å². The minimum Gasteiger partial charge on any atom is -0.493 e. The molecule has 0 aromatic heterocycles. The second kappa shape index (κ2) is 12.2. The first-order chi connectivity index (χ1) is 17.7. The van der Waals surface area contributed by atoms with Crippen LogP contribution in [0.4, 0.5) is 11.4 Å². The monoisotopic (exact) mass is 572 g/mol. The summed E-state index contributed by atoms with van der Waals surface area (Å²) in [6.07, 6.45) is 1.32. The van der Waals surface area contributed by atoms with Gasteiger partial charge in [-0.15, -0.1) is 0 Å². The van der Waals surface area contributed by atoms with E-state index in [4.69, 9.17) is 14.2 Å². The molecule has 190 valence electrons. The van der Waals surface area contributed by atoms with Crippen molar-refractivity contribution in [3.8, 4) is 17.2 Å². The summed E-state index contributed by atoms with van der Waals surface area (Å²) in [5.74, 6) is -0.761. The average molecular weight is 573 g/mol. The summed E-state index contributed by atoms with van der Waals surface area (Å²) in [5, 5.41) is 25.3. The molecule has 1 amide bonds. The molecule has 0 saturated heterocycles. The highest BCUT2D eigenvalue weighted by Gasteiger charge is 2.15. The van der Waals surface area contributed by atoms with E-state index < -0.39 is 28.3 Å². The maximum absolute atomic E-state index is 12.4. The lowest BCUT2D eigenvalue weighted by Gasteiger charge is -2.10. The number of ether oxygens (including phenoxy) is 3. The van der Waals surface area contributed by atoms with Gasteiger partial charge < -0.3 is 14.2 Å². The Morgan fingerprint density at radius 2 is 1.59 bits per heavy atom. The third kappa shape index (κ3) is 7.32. The second-order valence-electron chi connectivity index (χ2n) is 7.06. The van der Waals surface area contributed by atoms with Gasteiger partial charge in [0.05, 0.1) is 33.2 Å². The van der Waals surface area contributed by atoms with Gasteiger partial charge in [0.25, 0.3) is 17.3 Å². The molecule has 13 nitrogen and oxygen atoms in total. The first-order valence-electron chi connectivity index (χ1n) is 10.2. The molecule has 3 rings (SSSR count). The number of amides is 1. The van der Waals surface area contributed by atoms with Gasteiger partial charge in [0.1, 0.15) is 5.75 Å². The van der Waals surface area contributed by atoms with E-state index in [1.165, 1.54) is 67.9 Å². The molecule has 0 fully saturated rings. The van der Waals surface area contributed by atoms with Gasteiger partial charge in [-0.1, -0.05) is 0 Å². The number of carbonyl (C=O) groups is 2. The number of carbonyl (C=O) groups excluding carboxylic acids is 2. The summed E-state index contributed by atoms with van der Waals surface area (Å²) in [4.78, 5) is 44.7. The van der Waals surface area contributed by atoms with Crippen molar-refractivity contribution in [2.75, 3.05) is 13.7 Å². The summed E-state index contributed by atoms with van der Waals surface area (Å²) < 4.78 is 16.2. The van der Waals surface area contributed by atoms with Crippen molar-refractivity contribution in [2.24, 2.45) is 5.10 Å². The van der Waals surface area contributed by atoms with Crippen LogP contribution in [0.15, 0.2) is 70.2 Å². The van der Waals surface area contributed by atoms with E-state index >= 15 is 0 Å². The molecule has 0 radical (unpaired) electrons. The highest BCUT2D eigenvalue weighted by molar-refractivity contribution is 9.10. The average Bonchev–Trinajstić information content (AvgIpc) is 2.88. The molecule has 0 spiro atoms. The van der Waals surface area contributed by atoms with Crippen molar-refractivity contribution in [3.63, 3.8) is 0 Å². The zero-order chi connectivity index (χ0) is 26.9. The molecule has 0 aliphatic carbocycles.